The fourth-order valence-electron chi connectivity index (χ4n) is 1.05. The van der Waals surface area contributed by atoms with Crippen molar-refractivity contribution in [1.29, 1.82) is 0 Å². The molecule has 0 aromatic carbocycles. The Bertz CT molecular complexity index is 357. The molecule has 6 N–H and O–H groups in total. The van der Waals surface area contributed by atoms with Crippen molar-refractivity contribution >= 4 is 11.6 Å². The standard InChI is InChI=1S/2C5H8O2.2C4H10O3.Ti/c2*1-4(6)3-5(2)7;2*5-1-3-7-4-2-6;/h2*3,6H,1-2H3;2*5-6H,1-4H2;/b2*4-3-;;;. The first-order chi connectivity index (χ1) is 13.1. The van der Waals surface area contributed by atoms with E-state index in [0.29, 0.717) is 26.4 Å². The van der Waals surface area contributed by atoms with E-state index in [1.807, 2.05) is 0 Å². The van der Waals surface area contributed by atoms with Crippen LogP contribution >= 0.6 is 0 Å². The number of hydrogen-bond acceptors (Lipinski definition) is 10. The van der Waals surface area contributed by atoms with Crippen LogP contribution in [0, 0.1) is 0 Å². The topological polar surface area (TPSA) is 174 Å². The van der Waals surface area contributed by atoms with Gasteiger partial charge in [-0.25, -0.2) is 0 Å². The molecule has 0 aromatic heterocycles. The zero-order valence-electron chi connectivity index (χ0n) is 17.6. The smallest absolute Gasteiger partial charge is 0.155 e. The summed E-state index contributed by atoms with van der Waals surface area (Å²) in [6.45, 7) is 7.09. The molecule has 0 unspecified atom stereocenters. The normalized spacial score (nSPS) is 10.1. The number of aliphatic hydroxyl groups is 6. The summed E-state index contributed by atoms with van der Waals surface area (Å²) in [5, 5.41) is 49.1. The largest absolute Gasteiger partial charge is 0.512 e. The second kappa shape index (κ2) is 34.4. The van der Waals surface area contributed by atoms with E-state index in [4.69, 9.17) is 30.6 Å². The minimum atomic E-state index is -0.125. The second-order valence-corrected chi connectivity index (χ2v) is 4.91. The maximum absolute atomic E-state index is 10.0. The summed E-state index contributed by atoms with van der Waals surface area (Å²) in [7, 11) is 0. The van der Waals surface area contributed by atoms with Crippen molar-refractivity contribution in [1.82, 2.24) is 0 Å². The van der Waals surface area contributed by atoms with Crippen LogP contribution in [0.15, 0.2) is 23.7 Å². The van der Waals surface area contributed by atoms with Gasteiger partial charge in [-0.05, 0) is 27.7 Å². The molecule has 11 heteroatoms. The van der Waals surface area contributed by atoms with E-state index < -0.39 is 0 Å². The molecule has 0 bridgehead atoms. The second-order valence-electron chi connectivity index (χ2n) is 4.91. The van der Waals surface area contributed by atoms with Gasteiger partial charge in [0.05, 0.1) is 64.4 Å². The third kappa shape index (κ3) is 75.1. The predicted molar refractivity (Wildman–Crippen MR) is 104 cm³/mol. The van der Waals surface area contributed by atoms with Crippen LogP contribution in [-0.2, 0) is 40.8 Å². The number of rotatable bonds is 10. The van der Waals surface area contributed by atoms with E-state index in [2.05, 4.69) is 9.47 Å². The molecule has 0 heterocycles. The summed E-state index contributed by atoms with van der Waals surface area (Å²) in [4.78, 5) is 20.0. The molecule has 0 spiro atoms. The van der Waals surface area contributed by atoms with Gasteiger partial charge >= 0.3 is 0 Å². The van der Waals surface area contributed by atoms with E-state index in [1.54, 1.807) is 0 Å². The van der Waals surface area contributed by atoms with Gasteiger partial charge in [0.15, 0.2) is 11.6 Å². The van der Waals surface area contributed by atoms with Gasteiger partial charge in [-0.2, -0.15) is 0 Å². The Hall–Kier alpha value is -1.11. The van der Waals surface area contributed by atoms with Gasteiger partial charge in [0, 0.05) is 33.9 Å². The monoisotopic (exact) mass is 460 g/mol. The SMILES string of the molecule is CC(=O)/C=C(/C)O.CC(=O)/C=C(/C)O.OCCOCCO.OCCOCCO.[Ti]. The van der Waals surface area contributed by atoms with Crippen molar-refractivity contribution in [2.75, 3.05) is 52.9 Å². The summed E-state index contributed by atoms with van der Waals surface area (Å²) in [5.41, 5.74) is 0. The van der Waals surface area contributed by atoms with Gasteiger partial charge in [-0.1, -0.05) is 0 Å². The van der Waals surface area contributed by atoms with Crippen LogP contribution in [0.4, 0.5) is 0 Å². The molecule has 29 heavy (non-hydrogen) atoms. The van der Waals surface area contributed by atoms with Crippen LogP contribution in [0.2, 0.25) is 0 Å². The summed E-state index contributed by atoms with van der Waals surface area (Å²) in [6, 6.07) is 0. The van der Waals surface area contributed by atoms with Crippen molar-refractivity contribution in [3.63, 3.8) is 0 Å². The first-order valence-corrected chi connectivity index (χ1v) is 8.43. The van der Waals surface area contributed by atoms with Crippen LogP contribution in [0.25, 0.3) is 0 Å². The van der Waals surface area contributed by atoms with Crippen LogP contribution < -0.4 is 0 Å². The minimum absolute atomic E-state index is 0. The fourth-order valence-corrected chi connectivity index (χ4v) is 1.05. The van der Waals surface area contributed by atoms with Gasteiger partial charge < -0.3 is 40.1 Å². The molecule has 0 radical (unpaired) electrons. The van der Waals surface area contributed by atoms with Gasteiger partial charge in [0.1, 0.15) is 0 Å². The molecule has 0 saturated carbocycles. The molecule has 0 amide bonds. The summed E-state index contributed by atoms with van der Waals surface area (Å²) in [5.74, 6) is -0.125. The maximum atomic E-state index is 10.0. The number of ketones is 2. The fraction of sp³-hybridized carbons (Fsp3) is 0.667. The number of carbonyl (C=O) groups excluding carboxylic acids is 2. The van der Waals surface area contributed by atoms with E-state index in [9.17, 15) is 9.59 Å². The van der Waals surface area contributed by atoms with Crippen molar-refractivity contribution in [2.45, 2.75) is 27.7 Å². The minimum Gasteiger partial charge on any atom is -0.512 e. The molecule has 0 aliphatic heterocycles. The summed E-state index contributed by atoms with van der Waals surface area (Å²) >= 11 is 0. The van der Waals surface area contributed by atoms with Crippen LogP contribution in [0.5, 0.6) is 0 Å². The Morgan fingerprint density at radius 3 is 0.897 bits per heavy atom. The Morgan fingerprint density at radius 1 is 0.621 bits per heavy atom. The maximum Gasteiger partial charge on any atom is 0.155 e. The number of hydrogen-bond donors (Lipinski definition) is 6. The van der Waals surface area contributed by atoms with Crippen LogP contribution in [0.1, 0.15) is 27.7 Å². The van der Waals surface area contributed by atoms with Gasteiger partial charge in [-0.3, -0.25) is 9.59 Å². The third-order valence-electron chi connectivity index (χ3n) is 1.77. The van der Waals surface area contributed by atoms with E-state index in [-0.39, 0.29) is 71.2 Å². The molecule has 0 aliphatic carbocycles. The molecular formula is C18H36O10Ti. The number of allylic oxidation sites excluding steroid dienone is 4. The zero-order valence-corrected chi connectivity index (χ0v) is 19.2. The molecule has 172 valence electrons. The van der Waals surface area contributed by atoms with Crippen LogP contribution in [-0.4, -0.2) is 95.1 Å². The average molecular weight is 460 g/mol. The van der Waals surface area contributed by atoms with Gasteiger partial charge in [0.2, 0.25) is 0 Å². The molecule has 0 aromatic rings. The number of carbonyl (C=O) groups is 2. The zero-order chi connectivity index (χ0) is 22.8. The quantitative estimate of drug-likeness (QED) is 0.113. The number of ether oxygens (including phenoxy) is 2. The Kier molecular flexibility index (Phi) is 45.7. The van der Waals surface area contributed by atoms with Crippen molar-refractivity contribution in [3.8, 4) is 0 Å². The Balaban J connectivity index is -0.0000000873. The van der Waals surface area contributed by atoms with Crippen molar-refractivity contribution in [2.24, 2.45) is 0 Å². The van der Waals surface area contributed by atoms with Crippen molar-refractivity contribution in [3.05, 3.63) is 23.7 Å². The molecule has 10 nitrogen and oxygen atoms in total. The van der Waals surface area contributed by atoms with E-state index >= 15 is 0 Å². The molecule has 0 aliphatic rings. The number of aliphatic hydroxyl groups excluding tert-OH is 6. The molecule has 0 atom stereocenters. The third-order valence-corrected chi connectivity index (χ3v) is 1.77. The molecule has 0 fully saturated rings. The Morgan fingerprint density at radius 2 is 0.828 bits per heavy atom. The summed E-state index contributed by atoms with van der Waals surface area (Å²) < 4.78 is 9.26. The summed E-state index contributed by atoms with van der Waals surface area (Å²) in [6.07, 6.45) is 2.33. The van der Waals surface area contributed by atoms with Crippen LogP contribution in [0.3, 0.4) is 0 Å². The van der Waals surface area contributed by atoms with E-state index in [0.717, 1.165) is 0 Å². The van der Waals surface area contributed by atoms with Gasteiger partial charge in [0.25, 0.3) is 0 Å². The average Bonchev–Trinajstić information content (AvgIpc) is 2.55. The molecular weight excluding hydrogens is 424 g/mol. The molecule has 0 rings (SSSR count). The van der Waals surface area contributed by atoms with Crippen molar-refractivity contribution < 1.29 is 71.4 Å². The first-order valence-electron chi connectivity index (χ1n) is 8.43. The first kappa shape index (κ1) is 38.5. The van der Waals surface area contributed by atoms with Gasteiger partial charge in [-0.15, -0.1) is 0 Å². The predicted octanol–water partition coefficient (Wildman–Crippen LogP) is 0.0471. The molecule has 0 saturated heterocycles. The Labute approximate surface area is 187 Å². The van der Waals surface area contributed by atoms with E-state index in [1.165, 1.54) is 39.8 Å².